The molecular formula is C11H10N. The van der Waals surface area contributed by atoms with Crippen LogP contribution in [-0.2, 0) is 0 Å². The summed E-state index contributed by atoms with van der Waals surface area (Å²) in [6, 6.07) is 15.4. The molecule has 2 aromatic carbocycles. The quantitative estimate of drug-likeness (QED) is 0.669. The zero-order valence-electron chi connectivity index (χ0n) is 6.96. The Kier molecular flexibility index (Phi) is 1.71. The minimum Gasteiger partial charge on any atom is -0.387 e. The maximum atomic E-state index is 3.15. The molecule has 59 valence electrons. The van der Waals surface area contributed by atoms with Crippen molar-refractivity contribution in [3.8, 4) is 0 Å². The largest absolute Gasteiger partial charge is 0.387 e. The lowest BCUT2D eigenvalue weighted by Crippen LogP contribution is -1.88. The van der Waals surface area contributed by atoms with Crippen LogP contribution in [0.15, 0.2) is 36.4 Å². The number of benzene rings is 2. The van der Waals surface area contributed by atoms with Crippen molar-refractivity contribution in [2.75, 3.05) is 12.4 Å². The first kappa shape index (κ1) is 7.17. The van der Waals surface area contributed by atoms with Crippen molar-refractivity contribution >= 4 is 16.5 Å². The molecule has 0 aromatic heterocycles. The molecule has 0 saturated heterocycles. The van der Waals surface area contributed by atoms with Crippen LogP contribution < -0.4 is 5.32 Å². The third-order valence-electron chi connectivity index (χ3n) is 1.97. The van der Waals surface area contributed by atoms with E-state index in [1.807, 2.05) is 25.2 Å². The van der Waals surface area contributed by atoms with E-state index in [0.29, 0.717) is 0 Å². The highest BCUT2D eigenvalue weighted by atomic mass is 14.8. The molecule has 0 aliphatic heterocycles. The minimum absolute atomic E-state index is 1.06. The van der Waals surface area contributed by atoms with Crippen molar-refractivity contribution in [3.63, 3.8) is 0 Å². The van der Waals surface area contributed by atoms with E-state index in [9.17, 15) is 0 Å². The fraction of sp³-hybridized carbons (Fsp3) is 0.0909. The highest BCUT2D eigenvalue weighted by Crippen LogP contribution is 2.21. The number of nitrogens with one attached hydrogen (secondary N) is 1. The summed E-state index contributed by atoms with van der Waals surface area (Å²) in [5, 5.41) is 5.59. The van der Waals surface area contributed by atoms with Crippen LogP contribution in [-0.4, -0.2) is 7.05 Å². The van der Waals surface area contributed by atoms with Crippen molar-refractivity contribution in [3.05, 3.63) is 42.5 Å². The highest BCUT2D eigenvalue weighted by Gasteiger charge is 1.95. The zero-order chi connectivity index (χ0) is 8.39. The Morgan fingerprint density at radius 1 is 1.17 bits per heavy atom. The Hall–Kier alpha value is -1.50. The van der Waals surface area contributed by atoms with Crippen molar-refractivity contribution in [2.45, 2.75) is 0 Å². The molecule has 2 rings (SSSR count). The molecule has 1 N–H and O–H groups in total. The third-order valence-corrected chi connectivity index (χ3v) is 1.97. The van der Waals surface area contributed by atoms with Gasteiger partial charge in [-0.15, -0.1) is 0 Å². The first-order chi connectivity index (χ1) is 5.92. The molecule has 0 amide bonds. The molecule has 0 aliphatic carbocycles. The molecule has 0 saturated carbocycles. The SMILES string of the molecule is CNc1[c]ccc2ccccc12. The van der Waals surface area contributed by atoms with E-state index in [1.165, 1.54) is 10.8 Å². The Morgan fingerprint density at radius 3 is 2.83 bits per heavy atom. The van der Waals surface area contributed by atoms with Crippen LogP contribution >= 0.6 is 0 Å². The highest BCUT2D eigenvalue weighted by molar-refractivity contribution is 5.93. The van der Waals surface area contributed by atoms with Crippen LogP contribution in [0.5, 0.6) is 0 Å². The van der Waals surface area contributed by atoms with E-state index >= 15 is 0 Å². The van der Waals surface area contributed by atoms with Gasteiger partial charge in [-0.3, -0.25) is 0 Å². The van der Waals surface area contributed by atoms with Crippen LogP contribution in [0, 0.1) is 6.07 Å². The fourth-order valence-corrected chi connectivity index (χ4v) is 1.37. The predicted molar refractivity (Wildman–Crippen MR) is 52.3 cm³/mol. The third kappa shape index (κ3) is 1.03. The fourth-order valence-electron chi connectivity index (χ4n) is 1.37. The predicted octanol–water partition coefficient (Wildman–Crippen LogP) is 2.68. The van der Waals surface area contributed by atoms with Gasteiger partial charge in [0.1, 0.15) is 0 Å². The molecular weight excluding hydrogens is 146 g/mol. The summed E-state index contributed by atoms with van der Waals surface area (Å²) >= 11 is 0. The van der Waals surface area contributed by atoms with E-state index in [1.54, 1.807) is 0 Å². The molecule has 12 heavy (non-hydrogen) atoms. The maximum absolute atomic E-state index is 3.15. The smallest absolute Gasteiger partial charge is 0.0497 e. The second kappa shape index (κ2) is 2.86. The molecule has 0 bridgehead atoms. The second-order valence-corrected chi connectivity index (χ2v) is 2.69. The second-order valence-electron chi connectivity index (χ2n) is 2.69. The van der Waals surface area contributed by atoms with Gasteiger partial charge in [0.2, 0.25) is 0 Å². The molecule has 1 nitrogen and oxygen atoms in total. The van der Waals surface area contributed by atoms with E-state index < -0.39 is 0 Å². The van der Waals surface area contributed by atoms with Crippen LogP contribution in [0.2, 0.25) is 0 Å². The van der Waals surface area contributed by atoms with Gasteiger partial charge < -0.3 is 5.32 Å². The Bertz CT molecular complexity index is 388. The van der Waals surface area contributed by atoms with Gasteiger partial charge in [-0.25, -0.2) is 0 Å². The van der Waals surface area contributed by atoms with Gasteiger partial charge >= 0.3 is 0 Å². The van der Waals surface area contributed by atoms with E-state index in [4.69, 9.17) is 0 Å². The van der Waals surface area contributed by atoms with Crippen molar-refractivity contribution in [1.29, 1.82) is 0 Å². The summed E-state index contributed by atoms with van der Waals surface area (Å²) in [5.41, 5.74) is 1.06. The van der Waals surface area contributed by atoms with Crippen LogP contribution in [0.3, 0.4) is 0 Å². The van der Waals surface area contributed by atoms with E-state index in [2.05, 4.69) is 29.6 Å². The first-order valence-corrected chi connectivity index (χ1v) is 3.99. The summed E-state index contributed by atoms with van der Waals surface area (Å²) in [4.78, 5) is 0. The molecule has 0 aliphatic rings. The Morgan fingerprint density at radius 2 is 2.00 bits per heavy atom. The van der Waals surface area contributed by atoms with Gasteiger partial charge in [-0.05, 0) is 5.39 Å². The number of fused-ring (bicyclic) bond motifs is 1. The van der Waals surface area contributed by atoms with Gasteiger partial charge in [0.25, 0.3) is 0 Å². The summed E-state index contributed by atoms with van der Waals surface area (Å²) in [5.74, 6) is 0. The normalized spacial score (nSPS) is 10.1. The zero-order valence-corrected chi connectivity index (χ0v) is 6.96. The number of anilines is 1. The summed E-state index contributed by atoms with van der Waals surface area (Å²) < 4.78 is 0. The van der Waals surface area contributed by atoms with Crippen molar-refractivity contribution in [2.24, 2.45) is 0 Å². The van der Waals surface area contributed by atoms with Crippen LogP contribution in [0.25, 0.3) is 10.8 Å². The molecule has 0 heterocycles. The van der Waals surface area contributed by atoms with Crippen molar-refractivity contribution in [1.82, 2.24) is 0 Å². The van der Waals surface area contributed by atoms with E-state index in [-0.39, 0.29) is 0 Å². The Labute approximate surface area is 72.0 Å². The molecule has 0 spiro atoms. The lowest BCUT2D eigenvalue weighted by molar-refractivity contribution is 1.54. The number of hydrogen-bond donors (Lipinski definition) is 1. The minimum atomic E-state index is 1.06. The molecule has 0 unspecified atom stereocenters. The average molecular weight is 156 g/mol. The van der Waals surface area contributed by atoms with Gasteiger partial charge in [0.05, 0.1) is 0 Å². The topological polar surface area (TPSA) is 12.0 Å². The molecule has 2 aromatic rings. The van der Waals surface area contributed by atoms with Gasteiger partial charge in [-0.1, -0.05) is 36.4 Å². The van der Waals surface area contributed by atoms with Gasteiger partial charge in [0.15, 0.2) is 0 Å². The van der Waals surface area contributed by atoms with Crippen molar-refractivity contribution < 1.29 is 0 Å². The van der Waals surface area contributed by atoms with Gasteiger partial charge in [0, 0.05) is 24.2 Å². The lowest BCUT2D eigenvalue weighted by Gasteiger charge is -2.03. The van der Waals surface area contributed by atoms with Crippen LogP contribution in [0.4, 0.5) is 5.69 Å². The lowest BCUT2D eigenvalue weighted by atomic mass is 10.1. The summed E-state index contributed by atoms with van der Waals surface area (Å²) in [6.07, 6.45) is 0. The number of hydrogen-bond acceptors (Lipinski definition) is 1. The number of rotatable bonds is 1. The Balaban J connectivity index is 2.79. The maximum Gasteiger partial charge on any atom is 0.0497 e. The average Bonchev–Trinajstić information content (AvgIpc) is 2.17. The van der Waals surface area contributed by atoms with Gasteiger partial charge in [-0.2, -0.15) is 0 Å². The molecule has 0 atom stereocenters. The first-order valence-electron chi connectivity index (χ1n) is 3.99. The summed E-state index contributed by atoms with van der Waals surface area (Å²) in [7, 11) is 1.91. The van der Waals surface area contributed by atoms with Crippen LogP contribution in [0.1, 0.15) is 0 Å². The molecule has 0 fully saturated rings. The molecule has 1 radical (unpaired) electrons. The van der Waals surface area contributed by atoms with E-state index in [0.717, 1.165) is 5.69 Å². The monoisotopic (exact) mass is 156 g/mol. The standard InChI is InChI=1S/C11H10N/c1-12-11-8-4-6-9-5-2-3-7-10(9)11/h2-7,12H,1H3. The molecule has 1 heteroatoms. The summed E-state index contributed by atoms with van der Waals surface area (Å²) in [6.45, 7) is 0.